The molecule has 0 unspecified atom stereocenters. The summed E-state index contributed by atoms with van der Waals surface area (Å²) in [6, 6.07) is 0. The van der Waals surface area contributed by atoms with Crippen LogP contribution < -0.4 is 0 Å². The molecule has 0 aliphatic heterocycles. The van der Waals surface area contributed by atoms with E-state index < -0.39 is 0 Å². The van der Waals surface area contributed by atoms with Crippen molar-refractivity contribution in [1.29, 1.82) is 0 Å². The molecule has 1 aliphatic carbocycles. The van der Waals surface area contributed by atoms with Gasteiger partial charge in [-0.3, -0.25) is 4.79 Å². The molecule has 1 fully saturated rings. The molecular weight excluding hydrogens is 186 g/mol. The molecule has 0 bridgehead atoms. The second-order valence-electron chi connectivity index (χ2n) is 5.06. The van der Waals surface area contributed by atoms with Crippen LogP contribution in [-0.4, -0.2) is 31.3 Å². The van der Waals surface area contributed by atoms with Gasteiger partial charge in [0.05, 0.1) is 0 Å². The molecule has 1 rings (SSSR count). The predicted octanol–water partition coefficient (Wildman–Crippen LogP) is 2.87. The number of ketones is 1. The van der Waals surface area contributed by atoms with Crippen LogP contribution in [0.5, 0.6) is 0 Å². The molecule has 15 heavy (non-hydrogen) atoms. The van der Waals surface area contributed by atoms with Crippen molar-refractivity contribution in [2.24, 2.45) is 5.92 Å². The molecule has 0 aromatic carbocycles. The van der Waals surface area contributed by atoms with Crippen molar-refractivity contribution in [1.82, 2.24) is 4.90 Å². The van der Waals surface area contributed by atoms with Crippen LogP contribution in [0, 0.1) is 5.92 Å². The molecule has 0 aromatic heterocycles. The van der Waals surface area contributed by atoms with Crippen molar-refractivity contribution < 1.29 is 4.79 Å². The summed E-state index contributed by atoms with van der Waals surface area (Å²) in [6.07, 6.45) is 9.25. The van der Waals surface area contributed by atoms with E-state index in [1.54, 1.807) is 0 Å². The molecular formula is C13H25NO. The highest BCUT2D eigenvalue weighted by Gasteiger charge is 2.19. The first kappa shape index (κ1) is 12.7. The summed E-state index contributed by atoms with van der Waals surface area (Å²) in [4.78, 5) is 14.0. The third-order valence-corrected chi connectivity index (χ3v) is 3.34. The Hall–Kier alpha value is -0.370. The number of carbonyl (C=O) groups is 1. The summed E-state index contributed by atoms with van der Waals surface area (Å²) in [5.74, 6) is 0.951. The molecule has 88 valence electrons. The quantitative estimate of drug-likeness (QED) is 0.630. The lowest BCUT2D eigenvalue weighted by Crippen LogP contribution is -2.18. The van der Waals surface area contributed by atoms with Crippen LogP contribution in [0.25, 0.3) is 0 Å². The first-order chi connectivity index (χ1) is 7.20. The molecule has 0 heterocycles. The highest BCUT2D eigenvalue weighted by Crippen LogP contribution is 2.25. The fraction of sp³-hybridized carbons (Fsp3) is 0.923. The van der Waals surface area contributed by atoms with Crippen LogP contribution in [0.4, 0.5) is 0 Å². The van der Waals surface area contributed by atoms with E-state index in [4.69, 9.17) is 0 Å². The SMILES string of the molecule is CN(C)CCCCC(=O)C1CCCCC1. The molecule has 0 radical (unpaired) electrons. The van der Waals surface area contributed by atoms with Gasteiger partial charge in [-0.1, -0.05) is 19.3 Å². The van der Waals surface area contributed by atoms with E-state index in [0.29, 0.717) is 11.7 Å². The molecule has 0 saturated heterocycles. The normalized spacial score (nSPS) is 18.3. The van der Waals surface area contributed by atoms with Gasteiger partial charge in [0.15, 0.2) is 0 Å². The molecule has 1 saturated carbocycles. The highest BCUT2D eigenvalue weighted by atomic mass is 16.1. The Labute approximate surface area is 94.0 Å². The predicted molar refractivity (Wildman–Crippen MR) is 64.0 cm³/mol. The molecule has 0 atom stereocenters. The van der Waals surface area contributed by atoms with Gasteiger partial charge in [0, 0.05) is 12.3 Å². The minimum absolute atomic E-state index is 0.415. The first-order valence-corrected chi connectivity index (χ1v) is 6.37. The zero-order valence-electron chi connectivity index (χ0n) is 10.3. The van der Waals surface area contributed by atoms with E-state index in [-0.39, 0.29) is 0 Å². The lowest BCUT2D eigenvalue weighted by molar-refractivity contribution is -0.123. The van der Waals surface area contributed by atoms with Crippen LogP contribution in [0.2, 0.25) is 0 Å². The molecule has 0 spiro atoms. The monoisotopic (exact) mass is 211 g/mol. The molecule has 1 aliphatic rings. The highest BCUT2D eigenvalue weighted by molar-refractivity contribution is 5.80. The van der Waals surface area contributed by atoms with Crippen molar-refractivity contribution in [3.8, 4) is 0 Å². The Balaban J connectivity index is 2.07. The van der Waals surface area contributed by atoms with Crippen LogP contribution in [0.3, 0.4) is 0 Å². The lowest BCUT2D eigenvalue weighted by atomic mass is 9.85. The molecule has 2 heteroatoms. The van der Waals surface area contributed by atoms with Gasteiger partial charge in [0.25, 0.3) is 0 Å². The van der Waals surface area contributed by atoms with Gasteiger partial charge in [-0.2, -0.15) is 0 Å². The average molecular weight is 211 g/mol. The van der Waals surface area contributed by atoms with E-state index in [1.807, 2.05) is 0 Å². The van der Waals surface area contributed by atoms with Gasteiger partial charge in [-0.15, -0.1) is 0 Å². The number of Topliss-reactive ketones (excluding diaryl/α,β-unsaturated/α-hetero) is 1. The first-order valence-electron chi connectivity index (χ1n) is 6.37. The van der Waals surface area contributed by atoms with Crippen LogP contribution in [-0.2, 0) is 4.79 Å². The lowest BCUT2D eigenvalue weighted by Gasteiger charge is -2.20. The van der Waals surface area contributed by atoms with Crippen LogP contribution >= 0.6 is 0 Å². The maximum absolute atomic E-state index is 11.8. The number of hydrogen-bond donors (Lipinski definition) is 0. The van der Waals surface area contributed by atoms with Gasteiger partial charge in [0.1, 0.15) is 5.78 Å². The van der Waals surface area contributed by atoms with Crippen LogP contribution in [0.1, 0.15) is 51.4 Å². The minimum atomic E-state index is 0.415. The van der Waals surface area contributed by atoms with E-state index in [9.17, 15) is 4.79 Å². The number of carbonyl (C=O) groups excluding carboxylic acids is 1. The summed E-state index contributed by atoms with van der Waals surface area (Å²) in [7, 11) is 4.17. The third-order valence-electron chi connectivity index (χ3n) is 3.34. The van der Waals surface area contributed by atoms with E-state index >= 15 is 0 Å². The fourth-order valence-corrected chi connectivity index (χ4v) is 2.36. The third kappa shape index (κ3) is 5.31. The Kier molecular flexibility index (Phi) is 5.92. The summed E-state index contributed by atoms with van der Waals surface area (Å²) in [5.41, 5.74) is 0. The molecule has 2 nitrogen and oxygen atoms in total. The van der Waals surface area contributed by atoms with Crippen molar-refractivity contribution in [2.75, 3.05) is 20.6 Å². The van der Waals surface area contributed by atoms with Gasteiger partial charge in [-0.05, 0) is 46.3 Å². The average Bonchev–Trinajstić information content (AvgIpc) is 2.25. The maximum atomic E-state index is 11.8. The Morgan fingerprint density at radius 1 is 1.13 bits per heavy atom. The topological polar surface area (TPSA) is 20.3 Å². The van der Waals surface area contributed by atoms with E-state index in [0.717, 1.165) is 38.6 Å². The smallest absolute Gasteiger partial charge is 0.135 e. The van der Waals surface area contributed by atoms with E-state index in [1.165, 1.54) is 19.3 Å². The molecule has 0 N–H and O–H groups in total. The van der Waals surface area contributed by atoms with Crippen molar-refractivity contribution in [2.45, 2.75) is 51.4 Å². The number of unbranched alkanes of at least 4 members (excludes halogenated alkanes) is 1. The van der Waals surface area contributed by atoms with Crippen LogP contribution in [0.15, 0.2) is 0 Å². The number of hydrogen-bond acceptors (Lipinski definition) is 2. The number of rotatable bonds is 6. The zero-order valence-corrected chi connectivity index (χ0v) is 10.3. The Morgan fingerprint density at radius 2 is 1.80 bits per heavy atom. The molecule has 0 amide bonds. The summed E-state index contributed by atoms with van der Waals surface area (Å²) >= 11 is 0. The van der Waals surface area contributed by atoms with Gasteiger partial charge in [0.2, 0.25) is 0 Å². The zero-order chi connectivity index (χ0) is 11.1. The molecule has 0 aromatic rings. The summed E-state index contributed by atoms with van der Waals surface area (Å²) in [6.45, 7) is 1.11. The summed E-state index contributed by atoms with van der Waals surface area (Å²) in [5, 5.41) is 0. The number of nitrogens with zero attached hydrogens (tertiary/aromatic N) is 1. The Bertz CT molecular complexity index is 183. The Morgan fingerprint density at radius 3 is 2.40 bits per heavy atom. The van der Waals surface area contributed by atoms with E-state index in [2.05, 4.69) is 19.0 Å². The van der Waals surface area contributed by atoms with Gasteiger partial charge < -0.3 is 4.90 Å². The standard InChI is InChI=1S/C13H25NO/c1-14(2)11-7-6-10-13(15)12-8-4-3-5-9-12/h12H,3-11H2,1-2H3. The second-order valence-corrected chi connectivity index (χ2v) is 5.06. The van der Waals surface area contributed by atoms with Crippen molar-refractivity contribution >= 4 is 5.78 Å². The fourth-order valence-electron chi connectivity index (χ4n) is 2.36. The minimum Gasteiger partial charge on any atom is -0.309 e. The maximum Gasteiger partial charge on any atom is 0.135 e. The van der Waals surface area contributed by atoms with Crippen molar-refractivity contribution in [3.05, 3.63) is 0 Å². The largest absolute Gasteiger partial charge is 0.309 e. The second kappa shape index (κ2) is 7.00. The van der Waals surface area contributed by atoms with Crippen molar-refractivity contribution in [3.63, 3.8) is 0 Å². The summed E-state index contributed by atoms with van der Waals surface area (Å²) < 4.78 is 0. The van der Waals surface area contributed by atoms with Gasteiger partial charge in [-0.25, -0.2) is 0 Å². The van der Waals surface area contributed by atoms with Gasteiger partial charge >= 0.3 is 0 Å².